The van der Waals surface area contributed by atoms with Gasteiger partial charge in [-0.1, -0.05) is 12.1 Å². The van der Waals surface area contributed by atoms with Crippen molar-refractivity contribution in [2.24, 2.45) is 0 Å². The van der Waals surface area contributed by atoms with E-state index in [2.05, 4.69) is 5.32 Å². The molecule has 0 heterocycles. The van der Waals surface area contributed by atoms with E-state index in [9.17, 15) is 4.79 Å². The van der Waals surface area contributed by atoms with Crippen molar-refractivity contribution in [1.29, 1.82) is 0 Å². The molecule has 0 aliphatic rings. The molecule has 6 heteroatoms. The Kier molecular flexibility index (Phi) is 9.50. The fraction of sp³-hybridized carbons (Fsp3) is 0.467. The van der Waals surface area contributed by atoms with Gasteiger partial charge < -0.3 is 20.0 Å². The first-order valence-electron chi connectivity index (χ1n) is 6.31. The molecule has 5 nitrogen and oxygen atoms in total. The predicted octanol–water partition coefficient (Wildman–Crippen LogP) is 2.15. The maximum atomic E-state index is 10.2. The van der Waals surface area contributed by atoms with Crippen LogP contribution in [0.25, 0.3) is 0 Å². The fourth-order valence-corrected chi connectivity index (χ4v) is 1.55. The number of ether oxygens (including phenoxy) is 1. The van der Waals surface area contributed by atoms with Crippen molar-refractivity contribution in [3.63, 3.8) is 0 Å². The number of hydrogen-bond donors (Lipinski definition) is 2. The first kappa shape index (κ1) is 20.3. The van der Waals surface area contributed by atoms with Crippen LogP contribution in [0, 0.1) is 0 Å². The molecule has 0 bridgehead atoms. The van der Waals surface area contributed by atoms with E-state index in [1.54, 1.807) is 6.41 Å². The minimum atomic E-state index is -0.250. The standard InChI is InChI=1S/C14H20NO2.CH2O2.Fm/c1-11(15-10-16)9-12-5-7-13(8-6-12)17-14(2,3)4;2-1-3;/h5-8,11H,9H2,1-4H3,(H,15,16);1H,(H,2,3);/q-1;;. The number of carbonyl (C=O) groups excluding carboxylic acids is 1. The van der Waals surface area contributed by atoms with Gasteiger partial charge in [-0.25, -0.2) is 0 Å². The number of hydrogen-bond acceptors (Lipinski definition) is 3. The van der Waals surface area contributed by atoms with E-state index in [-0.39, 0.29) is 18.1 Å². The van der Waals surface area contributed by atoms with Gasteiger partial charge in [-0.3, -0.25) is 4.79 Å². The van der Waals surface area contributed by atoms with Crippen LogP contribution in [0.4, 0.5) is 0 Å². The summed E-state index contributed by atoms with van der Waals surface area (Å²) in [4.78, 5) is 18.5. The van der Waals surface area contributed by atoms with E-state index < -0.39 is 0 Å². The van der Waals surface area contributed by atoms with E-state index in [0.717, 1.165) is 12.2 Å². The summed E-state index contributed by atoms with van der Waals surface area (Å²) in [6, 6.07) is 8.05. The predicted molar refractivity (Wildman–Crippen MR) is 77.5 cm³/mol. The van der Waals surface area contributed by atoms with Crippen LogP contribution in [-0.4, -0.2) is 29.6 Å². The zero-order chi connectivity index (χ0) is 15.6. The summed E-state index contributed by atoms with van der Waals surface area (Å²) in [6.45, 7) is 7.76. The van der Waals surface area contributed by atoms with Crippen LogP contribution in [0.15, 0.2) is 24.3 Å². The van der Waals surface area contributed by atoms with Gasteiger partial charge in [0, 0.05) is 0 Å². The van der Waals surface area contributed by atoms with Crippen LogP contribution in [0.1, 0.15) is 33.3 Å². The van der Waals surface area contributed by atoms with Gasteiger partial charge >= 0.3 is 0 Å². The maximum Gasteiger partial charge on any atom is 0.290 e. The van der Waals surface area contributed by atoms with Gasteiger partial charge in [0.25, 0.3) is 6.47 Å². The third-order valence-corrected chi connectivity index (χ3v) is 2.19. The molecule has 0 aromatic heterocycles. The fourth-order valence-electron chi connectivity index (χ4n) is 1.55. The van der Waals surface area contributed by atoms with Crippen molar-refractivity contribution in [2.75, 3.05) is 0 Å². The molecule has 21 heavy (non-hydrogen) atoms. The molecule has 0 fully saturated rings. The van der Waals surface area contributed by atoms with Crippen LogP contribution in [0.5, 0.6) is 5.75 Å². The van der Waals surface area contributed by atoms with Crippen molar-refractivity contribution in [1.82, 2.24) is 5.32 Å². The van der Waals surface area contributed by atoms with E-state index in [4.69, 9.17) is 14.6 Å². The summed E-state index contributed by atoms with van der Waals surface area (Å²) < 4.78 is 5.73. The first-order valence-corrected chi connectivity index (χ1v) is 6.31. The molecule has 0 saturated heterocycles. The Hall–Kier alpha value is -3.04. The Bertz CT molecular complexity index is 401. The van der Waals surface area contributed by atoms with Gasteiger partial charge in [0.15, 0.2) is 0 Å². The number of benzene rings is 1. The maximum absolute atomic E-state index is 10.2. The van der Waals surface area contributed by atoms with Gasteiger partial charge in [0.05, 0.1) is 0 Å². The van der Waals surface area contributed by atoms with Gasteiger partial charge in [0.1, 0.15) is 11.4 Å². The second kappa shape index (κ2) is 9.83. The molecule has 1 atom stereocenters. The zero-order valence-corrected chi connectivity index (χ0v) is 15.0. The Morgan fingerprint density at radius 2 is 1.81 bits per heavy atom. The smallest absolute Gasteiger partial charge is 0.290 e. The van der Waals surface area contributed by atoms with Crippen molar-refractivity contribution >= 4 is 12.9 Å². The number of nitrogens with one attached hydrogen (secondary N) is 1. The van der Waals surface area contributed by atoms with Crippen LogP contribution in [0.3, 0.4) is 0 Å². The molecule has 1 unspecified atom stereocenters. The summed E-state index contributed by atoms with van der Waals surface area (Å²) >= 11 is 0. The van der Waals surface area contributed by atoms with Gasteiger partial charge in [-0.15, -0.1) is 0 Å². The SMILES string of the molecule is CC(Cc1ccc(OC(C)(C)C)cc1)N[C-]=O.O=CO.[Fm]. The molecule has 1 aromatic rings. The number of amides is 1. The monoisotopic (exact) mass is 537 g/mol. The molecule has 0 radical (unpaired) electrons. The summed E-state index contributed by atoms with van der Waals surface area (Å²) in [5.74, 6) is 0.865. The van der Waals surface area contributed by atoms with Crippen molar-refractivity contribution in [3.8, 4) is 5.75 Å². The largest absolute Gasteiger partial charge is 0.527 e. The second-order valence-corrected chi connectivity index (χ2v) is 5.32. The molecule has 2 N–H and O–H groups in total. The molecule has 1 amide bonds. The second-order valence-electron chi connectivity index (χ2n) is 5.32. The first-order chi connectivity index (χ1) is 9.32. The molecule has 1 rings (SSSR count). The molecule has 0 saturated carbocycles. The van der Waals surface area contributed by atoms with Crippen LogP contribution < -0.4 is 10.1 Å². The van der Waals surface area contributed by atoms with Crippen LogP contribution in [0.2, 0.25) is 0 Å². The zero-order valence-electron chi connectivity index (χ0n) is 12.6. The van der Waals surface area contributed by atoms with Gasteiger partial charge in [-0.05, 0) is 57.9 Å². The van der Waals surface area contributed by atoms with Gasteiger partial charge in [-0.2, -0.15) is 6.41 Å². The summed E-state index contributed by atoms with van der Waals surface area (Å²) in [5.41, 5.74) is 0.990. The van der Waals surface area contributed by atoms with E-state index >= 15 is 0 Å². The molecule has 0 aliphatic heterocycles. The molecule has 0 aliphatic carbocycles. The summed E-state index contributed by atoms with van der Waals surface area (Å²) in [5, 5.41) is 9.50. The Morgan fingerprint density at radius 3 is 2.19 bits per heavy atom. The molecular weight excluding hydrogens is 515 g/mol. The average Bonchev–Trinajstić information content (AvgIpc) is 2.31. The minimum Gasteiger partial charge on any atom is -0.527 e. The third-order valence-electron chi connectivity index (χ3n) is 2.19. The van der Waals surface area contributed by atoms with Crippen molar-refractivity contribution in [3.05, 3.63) is 29.8 Å². The Balaban J connectivity index is 0. The Labute approximate surface area is 120 Å². The summed E-state index contributed by atoms with van der Waals surface area (Å²) in [7, 11) is 0. The summed E-state index contributed by atoms with van der Waals surface area (Å²) in [6.07, 6.45) is 2.50. The number of rotatable bonds is 5. The van der Waals surface area contributed by atoms with E-state index in [1.165, 1.54) is 5.56 Å². The topological polar surface area (TPSA) is 75.6 Å². The normalized spacial score (nSPS) is 11.0. The van der Waals surface area contributed by atoms with E-state index in [1.807, 2.05) is 52.0 Å². The molecule has 0 spiro atoms. The van der Waals surface area contributed by atoms with Crippen molar-refractivity contribution in [2.45, 2.75) is 45.8 Å². The number of carbonyl (C=O) groups is 1. The average molecular weight is 537 g/mol. The molecular formula is C15H22FmNO4-. The Morgan fingerprint density at radius 1 is 1.33 bits per heavy atom. The van der Waals surface area contributed by atoms with Crippen LogP contribution in [-0.2, 0) is 16.0 Å². The van der Waals surface area contributed by atoms with Crippen molar-refractivity contribution < 1.29 is 19.4 Å². The third kappa shape index (κ3) is 10.6. The molecule has 1 aromatic carbocycles. The molecule has 124 valence electrons. The van der Waals surface area contributed by atoms with E-state index in [0.29, 0.717) is 0 Å². The quantitative estimate of drug-likeness (QED) is 0.343. The minimum absolute atomic E-state index is 0. The van der Waals surface area contributed by atoms with Gasteiger partial charge in [0.2, 0.25) is 0 Å². The number of carboxylic acid groups (broad SMARTS) is 1. The van der Waals surface area contributed by atoms with Crippen LogP contribution >= 0.6 is 0 Å².